The van der Waals surface area contributed by atoms with E-state index in [9.17, 15) is 14.0 Å². The molecule has 1 amide bonds. The Kier molecular flexibility index (Phi) is 4.59. The van der Waals surface area contributed by atoms with Crippen molar-refractivity contribution in [3.8, 4) is 0 Å². The highest BCUT2D eigenvalue weighted by molar-refractivity contribution is 9.10. The molecule has 2 N–H and O–H groups in total. The van der Waals surface area contributed by atoms with Gasteiger partial charge in [-0.3, -0.25) is 4.79 Å². The van der Waals surface area contributed by atoms with E-state index >= 15 is 0 Å². The molecule has 0 unspecified atom stereocenters. The molecule has 0 saturated heterocycles. The summed E-state index contributed by atoms with van der Waals surface area (Å²) in [4.78, 5) is 23.2. The number of nitrogens with one attached hydrogen (secondary N) is 1. The third-order valence-electron chi connectivity index (χ3n) is 2.66. The van der Waals surface area contributed by atoms with E-state index in [4.69, 9.17) is 16.7 Å². The zero-order valence-electron chi connectivity index (χ0n) is 10.4. The second-order valence-corrected chi connectivity index (χ2v) is 5.37. The fraction of sp³-hybridized carbons (Fsp3) is 0. The maximum absolute atomic E-state index is 13.7. The average Bonchev–Trinajstić information content (AvgIpc) is 2.43. The summed E-state index contributed by atoms with van der Waals surface area (Å²) < 4.78 is 14.2. The van der Waals surface area contributed by atoms with Crippen LogP contribution in [0.4, 0.5) is 10.1 Å². The van der Waals surface area contributed by atoms with Gasteiger partial charge in [-0.25, -0.2) is 9.18 Å². The van der Waals surface area contributed by atoms with Gasteiger partial charge >= 0.3 is 5.97 Å². The minimum Gasteiger partial charge on any atom is -0.478 e. The van der Waals surface area contributed by atoms with Crippen LogP contribution in [0.25, 0.3) is 0 Å². The molecule has 108 valence electrons. The van der Waals surface area contributed by atoms with Gasteiger partial charge in [0, 0.05) is 4.47 Å². The van der Waals surface area contributed by atoms with Crippen LogP contribution in [-0.4, -0.2) is 17.0 Å². The van der Waals surface area contributed by atoms with E-state index in [2.05, 4.69) is 21.2 Å². The summed E-state index contributed by atoms with van der Waals surface area (Å²) in [6.45, 7) is 0. The predicted octanol–water partition coefficient (Wildman–Crippen LogP) is 4.19. The highest BCUT2D eigenvalue weighted by Crippen LogP contribution is 2.27. The predicted molar refractivity (Wildman–Crippen MR) is 80.5 cm³/mol. The molecule has 0 saturated carbocycles. The molecule has 7 heteroatoms. The summed E-state index contributed by atoms with van der Waals surface area (Å²) in [5, 5.41) is 11.5. The fourth-order valence-electron chi connectivity index (χ4n) is 1.68. The van der Waals surface area contributed by atoms with Crippen LogP contribution >= 0.6 is 27.5 Å². The van der Waals surface area contributed by atoms with Crippen molar-refractivity contribution in [3.05, 3.63) is 62.8 Å². The van der Waals surface area contributed by atoms with Gasteiger partial charge in [-0.1, -0.05) is 33.6 Å². The van der Waals surface area contributed by atoms with E-state index in [0.29, 0.717) is 4.47 Å². The van der Waals surface area contributed by atoms with Gasteiger partial charge in [0.15, 0.2) is 0 Å². The average molecular weight is 373 g/mol. The van der Waals surface area contributed by atoms with Crippen LogP contribution in [0.15, 0.2) is 40.9 Å². The van der Waals surface area contributed by atoms with E-state index in [1.807, 2.05) is 0 Å². The molecule has 0 radical (unpaired) electrons. The van der Waals surface area contributed by atoms with Gasteiger partial charge in [0.05, 0.1) is 21.8 Å². The number of aromatic carboxylic acids is 1. The van der Waals surface area contributed by atoms with Crippen LogP contribution in [0, 0.1) is 5.82 Å². The van der Waals surface area contributed by atoms with Crippen LogP contribution in [-0.2, 0) is 0 Å². The number of amides is 1. The van der Waals surface area contributed by atoms with Crippen molar-refractivity contribution < 1.29 is 19.1 Å². The van der Waals surface area contributed by atoms with Crippen molar-refractivity contribution in [3.63, 3.8) is 0 Å². The van der Waals surface area contributed by atoms with Gasteiger partial charge in [-0.15, -0.1) is 0 Å². The van der Waals surface area contributed by atoms with Gasteiger partial charge in [-0.05, 0) is 30.3 Å². The summed E-state index contributed by atoms with van der Waals surface area (Å²) in [6, 6.07) is 8.04. The lowest BCUT2D eigenvalue weighted by atomic mass is 10.1. The van der Waals surface area contributed by atoms with Crippen molar-refractivity contribution in [2.24, 2.45) is 0 Å². The first-order valence-corrected chi connectivity index (χ1v) is 6.85. The number of anilines is 1. The zero-order chi connectivity index (χ0) is 15.6. The topological polar surface area (TPSA) is 66.4 Å². The molecular formula is C14H8BrClFNO3. The summed E-state index contributed by atoms with van der Waals surface area (Å²) in [5.74, 6) is -2.76. The molecule has 2 aromatic rings. The number of carbonyl (C=O) groups is 2. The first-order chi connectivity index (χ1) is 9.90. The van der Waals surface area contributed by atoms with Crippen molar-refractivity contribution in [2.45, 2.75) is 0 Å². The van der Waals surface area contributed by atoms with Crippen molar-refractivity contribution in [1.82, 2.24) is 0 Å². The van der Waals surface area contributed by atoms with Gasteiger partial charge in [-0.2, -0.15) is 0 Å². The number of halogens is 3. The number of rotatable bonds is 3. The molecule has 0 bridgehead atoms. The van der Waals surface area contributed by atoms with Crippen molar-refractivity contribution in [2.75, 3.05) is 5.32 Å². The highest BCUT2D eigenvalue weighted by Gasteiger charge is 2.18. The first-order valence-electron chi connectivity index (χ1n) is 5.68. The maximum atomic E-state index is 13.7. The van der Waals surface area contributed by atoms with E-state index in [0.717, 1.165) is 6.07 Å². The molecule has 0 aromatic heterocycles. The van der Waals surface area contributed by atoms with Gasteiger partial charge < -0.3 is 10.4 Å². The molecule has 2 aromatic carbocycles. The SMILES string of the molecule is O=C(Nc1c(Cl)cccc1C(=O)O)c1cc(Br)ccc1F. The summed E-state index contributed by atoms with van der Waals surface area (Å²) in [6.07, 6.45) is 0. The molecule has 2 rings (SSSR count). The van der Waals surface area contributed by atoms with Gasteiger partial charge in [0.2, 0.25) is 0 Å². The molecule has 21 heavy (non-hydrogen) atoms. The lowest BCUT2D eigenvalue weighted by Crippen LogP contribution is -2.16. The van der Waals surface area contributed by atoms with Crippen LogP contribution in [0.1, 0.15) is 20.7 Å². The quantitative estimate of drug-likeness (QED) is 0.849. The van der Waals surface area contributed by atoms with Crippen LogP contribution in [0.5, 0.6) is 0 Å². The Hall–Kier alpha value is -1.92. The lowest BCUT2D eigenvalue weighted by molar-refractivity contribution is 0.0698. The Labute approximate surface area is 132 Å². The molecule has 0 spiro atoms. The molecule has 0 aliphatic rings. The summed E-state index contributed by atoms with van der Waals surface area (Å²) in [5.41, 5.74) is -0.470. The molecule has 0 fully saturated rings. The van der Waals surface area contributed by atoms with Crippen molar-refractivity contribution in [1.29, 1.82) is 0 Å². The molecule has 4 nitrogen and oxygen atoms in total. The number of carboxylic acid groups (broad SMARTS) is 1. The number of benzene rings is 2. The van der Waals surface area contributed by atoms with E-state index in [1.54, 1.807) is 0 Å². The highest BCUT2D eigenvalue weighted by atomic mass is 79.9. The minimum atomic E-state index is -1.25. The number of carboxylic acids is 1. The monoisotopic (exact) mass is 371 g/mol. The number of hydrogen-bond donors (Lipinski definition) is 2. The number of para-hydroxylation sites is 1. The zero-order valence-corrected chi connectivity index (χ0v) is 12.7. The van der Waals surface area contributed by atoms with Crippen LogP contribution in [0.2, 0.25) is 5.02 Å². The lowest BCUT2D eigenvalue weighted by Gasteiger charge is -2.11. The third-order valence-corrected chi connectivity index (χ3v) is 3.46. The number of hydrogen-bond acceptors (Lipinski definition) is 2. The van der Waals surface area contributed by atoms with E-state index in [-0.39, 0.29) is 21.8 Å². The van der Waals surface area contributed by atoms with Gasteiger partial charge in [0.1, 0.15) is 5.82 Å². The van der Waals surface area contributed by atoms with Gasteiger partial charge in [0.25, 0.3) is 5.91 Å². The maximum Gasteiger partial charge on any atom is 0.337 e. The normalized spacial score (nSPS) is 10.2. The first kappa shape index (κ1) is 15.5. The minimum absolute atomic E-state index is 0.0543. The smallest absolute Gasteiger partial charge is 0.337 e. The van der Waals surface area contributed by atoms with Crippen LogP contribution < -0.4 is 5.32 Å². The Morgan fingerprint density at radius 1 is 1.19 bits per heavy atom. The standard InChI is InChI=1S/C14H8BrClFNO3/c15-7-4-5-11(17)9(6-7)13(19)18-12-8(14(20)21)2-1-3-10(12)16/h1-6H,(H,18,19)(H,20,21). The largest absolute Gasteiger partial charge is 0.478 e. The van der Waals surface area contributed by atoms with Crippen LogP contribution in [0.3, 0.4) is 0 Å². The molecule has 0 aliphatic carbocycles. The third kappa shape index (κ3) is 3.40. The second kappa shape index (κ2) is 6.24. The summed E-state index contributed by atoms with van der Waals surface area (Å²) >= 11 is 9.03. The molecule has 0 aliphatic heterocycles. The Bertz CT molecular complexity index is 736. The Morgan fingerprint density at radius 3 is 2.57 bits per heavy atom. The second-order valence-electron chi connectivity index (χ2n) is 4.05. The molecule has 0 atom stereocenters. The molecular weight excluding hydrogens is 365 g/mol. The molecule has 0 heterocycles. The fourth-order valence-corrected chi connectivity index (χ4v) is 2.26. The number of carbonyl (C=O) groups excluding carboxylic acids is 1. The van der Waals surface area contributed by atoms with E-state index in [1.165, 1.54) is 30.3 Å². The van der Waals surface area contributed by atoms with E-state index < -0.39 is 17.7 Å². The Morgan fingerprint density at radius 2 is 1.90 bits per heavy atom. The Balaban J connectivity index is 2.41. The summed E-state index contributed by atoms with van der Waals surface area (Å²) in [7, 11) is 0. The van der Waals surface area contributed by atoms with Crippen molar-refractivity contribution >= 4 is 45.1 Å².